The molecule has 2 aliphatic heterocycles. The van der Waals surface area contributed by atoms with E-state index in [-0.39, 0.29) is 16.9 Å². The number of carboxylic acid groups (broad SMARTS) is 1. The molecule has 0 radical (unpaired) electrons. The van der Waals surface area contributed by atoms with E-state index in [1.807, 2.05) is 0 Å². The Morgan fingerprint density at radius 2 is 2.00 bits per heavy atom. The highest BCUT2D eigenvalue weighted by atomic mass is 32.2. The second kappa shape index (κ2) is 5.96. The zero-order chi connectivity index (χ0) is 14.0. The van der Waals surface area contributed by atoms with Gasteiger partial charge in [0.2, 0.25) is 0 Å². The van der Waals surface area contributed by atoms with Gasteiger partial charge < -0.3 is 14.8 Å². The highest BCUT2D eigenvalue weighted by Crippen LogP contribution is 2.39. The van der Waals surface area contributed by atoms with Crippen LogP contribution in [-0.2, 0) is 9.59 Å². The highest BCUT2D eigenvalue weighted by Gasteiger charge is 2.39. The largest absolute Gasteiger partial charge is 0.545 e. The van der Waals surface area contributed by atoms with E-state index in [2.05, 4.69) is 4.90 Å². The van der Waals surface area contributed by atoms with Gasteiger partial charge in [0.1, 0.15) is 5.37 Å². The van der Waals surface area contributed by atoms with Crippen molar-refractivity contribution in [2.45, 2.75) is 38.0 Å². The van der Waals surface area contributed by atoms with Crippen molar-refractivity contribution in [2.24, 2.45) is 0 Å². The Labute approximate surface area is 117 Å². The Balaban J connectivity index is 2.22. The summed E-state index contributed by atoms with van der Waals surface area (Å²) < 4.78 is 0. The van der Waals surface area contributed by atoms with Crippen molar-refractivity contribution in [3.63, 3.8) is 0 Å². The maximum absolute atomic E-state index is 12.3. The number of carboxylic acids is 1. The van der Waals surface area contributed by atoms with Crippen molar-refractivity contribution >= 4 is 23.6 Å². The summed E-state index contributed by atoms with van der Waals surface area (Å²) in [6, 6.07) is 0. The SMILES string of the molecule is CCC(C(=O)[O-])=C1SC(N2CCCCC2)C(=O)N1C. The van der Waals surface area contributed by atoms with E-state index >= 15 is 0 Å². The Morgan fingerprint density at radius 1 is 1.37 bits per heavy atom. The van der Waals surface area contributed by atoms with Crippen molar-refractivity contribution in [2.75, 3.05) is 20.1 Å². The molecule has 2 saturated heterocycles. The Morgan fingerprint density at radius 3 is 2.53 bits per heavy atom. The van der Waals surface area contributed by atoms with Crippen LogP contribution in [0.25, 0.3) is 0 Å². The predicted octanol–water partition coefficient (Wildman–Crippen LogP) is 0.375. The molecule has 19 heavy (non-hydrogen) atoms. The molecule has 6 heteroatoms. The number of carbonyl (C=O) groups excluding carboxylic acids is 2. The van der Waals surface area contributed by atoms with E-state index in [1.54, 1.807) is 14.0 Å². The van der Waals surface area contributed by atoms with Crippen LogP contribution < -0.4 is 5.11 Å². The Bertz CT molecular complexity index is 416. The monoisotopic (exact) mass is 283 g/mol. The number of likely N-dealkylation sites (tertiary alicyclic amines) is 1. The van der Waals surface area contributed by atoms with Gasteiger partial charge in [-0.15, -0.1) is 0 Å². The van der Waals surface area contributed by atoms with E-state index in [0.29, 0.717) is 11.4 Å². The van der Waals surface area contributed by atoms with Crippen LogP contribution in [0.5, 0.6) is 0 Å². The summed E-state index contributed by atoms with van der Waals surface area (Å²) in [7, 11) is 1.65. The normalized spacial score (nSPS) is 27.8. The van der Waals surface area contributed by atoms with Gasteiger partial charge in [-0.3, -0.25) is 9.69 Å². The molecule has 0 N–H and O–H groups in total. The molecule has 2 rings (SSSR count). The van der Waals surface area contributed by atoms with E-state index in [1.165, 1.54) is 23.1 Å². The van der Waals surface area contributed by atoms with Crippen molar-refractivity contribution in [1.82, 2.24) is 9.80 Å². The zero-order valence-electron chi connectivity index (χ0n) is 11.3. The second-order valence-electron chi connectivity index (χ2n) is 4.89. The van der Waals surface area contributed by atoms with Gasteiger partial charge >= 0.3 is 0 Å². The molecule has 0 spiro atoms. The molecule has 0 aromatic heterocycles. The number of likely N-dealkylation sites (N-methyl/N-ethyl adjacent to an activating group) is 1. The molecule has 0 saturated carbocycles. The van der Waals surface area contributed by atoms with Crippen LogP contribution in [-0.4, -0.2) is 47.2 Å². The number of amides is 1. The molecule has 2 aliphatic rings. The average Bonchev–Trinajstić information content (AvgIpc) is 2.69. The second-order valence-corrected chi connectivity index (χ2v) is 5.96. The third-order valence-corrected chi connectivity index (χ3v) is 5.12. The maximum atomic E-state index is 12.3. The third kappa shape index (κ3) is 2.79. The summed E-state index contributed by atoms with van der Waals surface area (Å²) in [4.78, 5) is 27.0. The van der Waals surface area contributed by atoms with Gasteiger partial charge in [0.25, 0.3) is 5.91 Å². The first-order chi connectivity index (χ1) is 9.06. The van der Waals surface area contributed by atoms with Crippen LogP contribution in [0.2, 0.25) is 0 Å². The summed E-state index contributed by atoms with van der Waals surface area (Å²) in [6.07, 6.45) is 3.79. The fourth-order valence-corrected chi connectivity index (χ4v) is 3.99. The van der Waals surface area contributed by atoms with Gasteiger partial charge in [-0.25, -0.2) is 0 Å². The molecule has 0 aromatic rings. The molecule has 1 unspecified atom stereocenters. The van der Waals surface area contributed by atoms with E-state index in [9.17, 15) is 14.7 Å². The highest BCUT2D eigenvalue weighted by molar-refractivity contribution is 8.04. The lowest BCUT2D eigenvalue weighted by Gasteiger charge is -2.29. The number of aliphatic carboxylic acids is 1. The van der Waals surface area contributed by atoms with Crippen LogP contribution in [0.4, 0.5) is 0 Å². The minimum Gasteiger partial charge on any atom is -0.545 e. The summed E-state index contributed by atoms with van der Waals surface area (Å²) in [5.74, 6) is -1.20. The smallest absolute Gasteiger partial charge is 0.255 e. The average molecular weight is 283 g/mol. The number of nitrogens with zero attached hydrogens (tertiary/aromatic N) is 2. The maximum Gasteiger partial charge on any atom is 0.255 e. The molecule has 0 aromatic carbocycles. The molecule has 5 nitrogen and oxygen atoms in total. The van der Waals surface area contributed by atoms with Gasteiger partial charge in [-0.2, -0.15) is 0 Å². The predicted molar refractivity (Wildman–Crippen MR) is 71.9 cm³/mol. The number of hydrogen-bond donors (Lipinski definition) is 0. The molecular weight excluding hydrogens is 264 g/mol. The topological polar surface area (TPSA) is 63.7 Å². The first-order valence-electron chi connectivity index (χ1n) is 6.69. The Hall–Kier alpha value is -1.01. The van der Waals surface area contributed by atoms with E-state index in [4.69, 9.17) is 0 Å². The number of piperidine rings is 1. The van der Waals surface area contributed by atoms with Crippen LogP contribution >= 0.6 is 11.8 Å². The molecule has 1 atom stereocenters. The van der Waals surface area contributed by atoms with Crippen molar-refractivity contribution in [1.29, 1.82) is 0 Å². The minimum atomic E-state index is -1.18. The summed E-state index contributed by atoms with van der Waals surface area (Å²) in [5, 5.41) is 11.4. The van der Waals surface area contributed by atoms with Gasteiger partial charge in [-0.1, -0.05) is 25.1 Å². The molecule has 0 bridgehead atoms. The van der Waals surface area contributed by atoms with Crippen LogP contribution in [0.3, 0.4) is 0 Å². The number of hydrogen-bond acceptors (Lipinski definition) is 5. The number of carbonyl (C=O) groups is 2. The van der Waals surface area contributed by atoms with Crippen molar-refractivity contribution < 1.29 is 14.7 Å². The lowest BCUT2D eigenvalue weighted by atomic mass is 10.1. The molecule has 2 heterocycles. The van der Waals surface area contributed by atoms with Gasteiger partial charge in [0, 0.05) is 12.6 Å². The minimum absolute atomic E-state index is 0.0194. The Kier molecular flexibility index (Phi) is 4.52. The van der Waals surface area contributed by atoms with E-state index in [0.717, 1.165) is 25.9 Å². The standard InChI is InChI=1S/C13H20N2O3S/c1-3-9(13(17)18)11-14(2)10(16)12(19-11)15-7-5-4-6-8-15/h12H,3-8H2,1-2H3,(H,17,18)/p-1. The van der Waals surface area contributed by atoms with Crippen molar-refractivity contribution in [3.8, 4) is 0 Å². The van der Waals surface area contributed by atoms with Gasteiger partial charge in [-0.05, 0) is 32.4 Å². The molecule has 1 amide bonds. The van der Waals surface area contributed by atoms with Crippen LogP contribution in [0.15, 0.2) is 10.6 Å². The summed E-state index contributed by atoms with van der Waals surface area (Å²) in [5.41, 5.74) is 0.223. The summed E-state index contributed by atoms with van der Waals surface area (Å²) in [6.45, 7) is 3.60. The molecule has 2 fully saturated rings. The quantitative estimate of drug-likeness (QED) is 0.701. The number of thioether (sulfide) groups is 1. The zero-order valence-corrected chi connectivity index (χ0v) is 12.2. The summed E-state index contributed by atoms with van der Waals surface area (Å²) >= 11 is 1.36. The fraction of sp³-hybridized carbons (Fsp3) is 0.692. The first-order valence-corrected chi connectivity index (χ1v) is 7.57. The lowest BCUT2D eigenvalue weighted by Crippen LogP contribution is -2.42. The van der Waals surface area contributed by atoms with Gasteiger partial charge in [0.05, 0.1) is 11.0 Å². The van der Waals surface area contributed by atoms with Gasteiger partial charge in [0.15, 0.2) is 0 Å². The third-order valence-electron chi connectivity index (χ3n) is 3.65. The van der Waals surface area contributed by atoms with Crippen LogP contribution in [0.1, 0.15) is 32.6 Å². The molecular formula is C13H19N2O3S-. The number of rotatable bonds is 3. The lowest BCUT2D eigenvalue weighted by molar-refractivity contribution is -0.299. The van der Waals surface area contributed by atoms with Crippen LogP contribution in [0, 0.1) is 0 Å². The molecule has 106 valence electrons. The van der Waals surface area contributed by atoms with Crippen molar-refractivity contribution in [3.05, 3.63) is 10.6 Å². The fourth-order valence-electron chi connectivity index (χ4n) is 2.54. The molecule has 0 aliphatic carbocycles. The van der Waals surface area contributed by atoms with E-state index < -0.39 is 5.97 Å². The first kappa shape index (κ1) is 14.4.